The van der Waals surface area contributed by atoms with Gasteiger partial charge in [0.15, 0.2) is 0 Å². The van der Waals surface area contributed by atoms with Crippen LogP contribution in [-0.4, -0.2) is 12.9 Å². The number of halogens is 1. The molecule has 2 aromatic rings. The molecule has 1 aliphatic rings. The molecule has 1 aliphatic heterocycles. The van der Waals surface area contributed by atoms with Gasteiger partial charge in [-0.15, -0.1) is 11.8 Å². The molecule has 2 unspecified atom stereocenters. The van der Waals surface area contributed by atoms with Gasteiger partial charge in [-0.2, -0.15) is 0 Å². The summed E-state index contributed by atoms with van der Waals surface area (Å²) in [5.74, 6) is 1.48. The lowest BCUT2D eigenvalue weighted by Crippen LogP contribution is -2.25. The molecule has 0 amide bonds. The van der Waals surface area contributed by atoms with Gasteiger partial charge in [-0.3, -0.25) is 0 Å². The van der Waals surface area contributed by atoms with Crippen molar-refractivity contribution < 1.29 is 9.13 Å². The lowest BCUT2D eigenvalue weighted by atomic mass is 10.0. The number of nitrogens with one attached hydrogen (secondary N) is 1. The molecule has 1 N–H and O–H groups in total. The standard InChI is InChI=1S/C17H18FNOS/c1-11(14-9-12(18)7-8-16(14)20-2)19-15-10-21-17-6-4-3-5-13(15)17/h3-9,11,15,19H,10H2,1-2H3. The van der Waals surface area contributed by atoms with Crippen LogP contribution >= 0.6 is 11.8 Å². The van der Waals surface area contributed by atoms with Crippen molar-refractivity contribution in [3.8, 4) is 5.75 Å². The summed E-state index contributed by atoms with van der Waals surface area (Å²) in [7, 11) is 1.62. The quantitative estimate of drug-likeness (QED) is 0.908. The molecule has 0 saturated carbocycles. The van der Waals surface area contributed by atoms with Gasteiger partial charge in [0.2, 0.25) is 0 Å². The molecular weight excluding hydrogens is 285 g/mol. The SMILES string of the molecule is COc1ccc(F)cc1C(C)NC1CSc2ccccc21. The van der Waals surface area contributed by atoms with Crippen LogP contribution in [0.15, 0.2) is 47.4 Å². The number of hydrogen-bond acceptors (Lipinski definition) is 3. The second kappa shape index (κ2) is 6.08. The van der Waals surface area contributed by atoms with E-state index in [-0.39, 0.29) is 17.9 Å². The van der Waals surface area contributed by atoms with E-state index in [1.54, 1.807) is 19.2 Å². The number of rotatable bonds is 4. The number of fused-ring (bicyclic) bond motifs is 1. The zero-order valence-electron chi connectivity index (χ0n) is 12.1. The third kappa shape index (κ3) is 2.92. The van der Waals surface area contributed by atoms with Crippen LogP contribution in [-0.2, 0) is 0 Å². The van der Waals surface area contributed by atoms with Crippen molar-refractivity contribution in [1.29, 1.82) is 0 Å². The van der Waals surface area contributed by atoms with E-state index in [2.05, 4.69) is 29.6 Å². The Balaban J connectivity index is 1.82. The van der Waals surface area contributed by atoms with Crippen LogP contribution < -0.4 is 10.1 Å². The molecule has 0 saturated heterocycles. The van der Waals surface area contributed by atoms with Crippen LogP contribution in [0, 0.1) is 5.82 Å². The zero-order chi connectivity index (χ0) is 14.8. The van der Waals surface area contributed by atoms with Crippen molar-refractivity contribution in [3.63, 3.8) is 0 Å². The number of methoxy groups -OCH3 is 1. The first-order valence-corrected chi connectivity index (χ1v) is 7.99. The molecule has 2 nitrogen and oxygen atoms in total. The Morgan fingerprint density at radius 1 is 1.29 bits per heavy atom. The highest BCUT2D eigenvalue weighted by atomic mass is 32.2. The van der Waals surface area contributed by atoms with Crippen LogP contribution in [0.1, 0.15) is 30.1 Å². The molecule has 2 atom stereocenters. The van der Waals surface area contributed by atoms with Gasteiger partial charge < -0.3 is 10.1 Å². The van der Waals surface area contributed by atoms with Gasteiger partial charge in [-0.25, -0.2) is 4.39 Å². The first-order valence-electron chi connectivity index (χ1n) is 7.00. The van der Waals surface area contributed by atoms with E-state index in [4.69, 9.17) is 4.74 Å². The molecule has 0 radical (unpaired) electrons. The first-order chi connectivity index (χ1) is 10.2. The van der Waals surface area contributed by atoms with E-state index < -0.39 is 0 Å². The van der Waals surface area contributed by atoms with E-state index in [1.165, 1.54) is 16.5 Å². The average Bonchev–Trinajstić information content (AvgIpc) is 2.90. The van der Waals surface area contributed by atoms with Gasteiger partial charge in [0.05, 0.1) is 7.11 Å². The predicted molar refractivity (Wildman–Crippen MR) is 84.4 cm³/mol. The minimum absolute atomic E-state index is 0.0207. The summed E-state index contributed by atoms with van der Waals surface area (Å²) in [6.07, 6.45) is 0. The molecule has 3 rings (SSSR count). The maximum absolute atomic E-state index is 13.5. The monoisotopic (exact) mass is 303 g/mol. The maximum Gasteiger partial charge on any atom is 0.123 e. The molecule has 0 fully saturated rings. The number of ether oxygens (including phenoxy) is 1. The second-order valence-electron chi connectivity index (χ2n) is 5.18. The zero-order valence-corrected chi connectivity index (χ0v) is 12.9. The van der Waals surface area contributed by atoms with Gasteiger partial charge in [-0.1, -0.05) is 18.2 Å². The molecule has 21 heavy (non-hydrogen) atoms. The smallest absolute Gasteiger partial charge is 0.123 e. The minimum Gasteiger partial charge on any atom is -0.496 e. The third-order valence-corrected chi connectivity index (χ3v) is 4.99. The van der Waals surface area contributed by atoms with Crippen molar-refractivity contribution in [2.24, 2.45) is 0 Å². The molecule has 4 heteroatoms. The number of thioether (sulfide) groups is 1. The van der Waals surface area contributed by atoms with E-state index in [1.807, 2.05) is 18.7 Å². The largest absolute Gasteiger partial charge is 0.496 e. The third-order valence-electron chi connectivity index (χ3n) is 3.81. The van der Waals surface area contributed by atoms with Crippen molar-refractivity contribution in [2.45, 2.75) is 23.9 Å². The summed E-state index contributed by atoms with van der Waals surface area (Å²) >= 11 is 1.86. The second-order valence-corrected chi connectivity index (χ2v) is 6.24. The Kier molecular flexibility index (Phi) is 4.17. The van der Waals surface area contributed by atoms with Crippen molar-refractivity contribution in [1.82, 2.24) is 5.32 Å². The van der Waals surface area contributed by atoms with E-state index >= 15 is 0 Å². The number of benzene rings is 2. The van der Waals surface area contributed by atoms with Gasteiger partial charge in [0.25, 0.3) is 0 Å². The van der Waals surface area contributed by atoms with Crippen LogP contribution in [0.4, 0.5) is 4.39 Å². The van der Waals surface area contributed by atoms with Crippen molar-refractivity contribution >= 4 is 11.8 Å². The van der Waals surface area contributed by atoms with Crippen molar-refractivity contribution in [2.75, 3.05) is 12.9 Å². The Bertz CT molecular complexity index is 646. The fraction of sp³-hybridized carbons (Fsp3) is 0.294. The highest BCUT2D eigenvalue weighted by molar-refractivity contribution is 7.99. The summed E-state index contributed by atoms with van der Waals surface area (Å²) in [5.41, 5.74) is 2.18. The van der Waals surface area contributed by atoms with E-state index in [9.17, 15) is 4.39 Å². The highest BCUT2D eigenvalue weighted by Gasteiger charge is 2.25. The van der Waals surface area contributed by atoms with Gasteiger partial charge in [0.1, 0.15) is 11.6 Å². The van der Waals surface area contributed by atoms with Crippen LogP contribution in [0.5, 0.6) is 5.75 Å². The normalized spacial score (nSPS) is 18.3. The Morgan fingerprint density at radius 3 is 2.90 bits per heavy atom. The molecule has 2 aromatic carbocycles. The van der Waals surface area contributed by atoms with E-state index in [0.717, 1.165) is 17.1 Å². The van der Waals surface area contributed by atoms with Gasteiger partial charge in [0, 0.05) is 28.3 Å². The summed E-state index contributed by atoms with van der Waals surface area (Å²) < 4.78 is 18.9. The van der Waals surface area contributed by atoms with Crippen LogP contribution in [0.2, 0.25) is 0 Å². The summed E-state index contributed by atoms with van der Waals surface area (Å²) in [5, 5.41) is 3.59. The lowest BCUT2D eigenvalue weighted by molar-refractivity contribution is 0.395. The van der Waals surface area contributed by atoms with Crippen LogP contribution in [0.25, 0.3) is 0 Å². The Labute approximate surface area is 128 Å². The minimum atomic E-state index is -0.236. The van der Waals surface area contributed by atoms with Crippen molar-refractivity contribution in [3.05, 3.63) is 59.4 Å². The maximum atomic E-state index is 13.5. The molecule has 0 bridgehead atoms. The highest BCUT2D eigenvalue weighted by Crippen LogP contribution is 2.39. The van der Waals surface area contributed by atoms with Crippen LogP contribution in [0.3, 0.4) is 0 Å². The summed E-state index contributed by atoms with van der Waals surface area (Å²) in [6, 6.07) is 13.4. The molecule has 110 valence electrons. The fourth-order valence-electron chi connectivity index (χ4n) is 2.74. The topological polar surface area (TPSA) is 21.3 Å². The number of hydrogen-bond donors (Lipinski definition) is 1. The predicted octanol–water partition coefficient (Wildman–Crippen LogP) is 4.33. The molecule has 1 heterocycles. The van der Waals surface area contributed by atoms with Gasteiger partial charge in [-0.05, 0) is 36.8 Å². The van der Waals surface area contributed by atoms with E-state index in [0.29, 0.717) is 0 Å². The average molecular weight is 303 g/mol. The summed E-state index contributed by atoms with van der Waals surface area (Å²) in [4.78, 5) is 1.33. The molecule has 0 spiro atoms. The molecular formula is C17H18FNOS. The fourth-order valence-corrected chi connectivity index (χ4v) is 3.91. The Hall–Kier alpha value is -1.52. The summed E-state index contributed by atoms with van der Waals surface area (Å²) in [6.45, 7) is 2.04. The molecule has 0 aromatic heterocycles. The first kappa shape index (κ1) is 14.4. The lowest BCUT2D eigenvalue weighted by Gasteiger charge is -2.22. The molecule has 0 aliphatic carbocycles. The van der Waals surface area contributed by atoms with Gasteiger partial charge >= 0.3 is 0 Å². The Morgan fingerprint density at radius 2 is 2.10 bits per heavy atom.